The average molecular weight is 932 g/mol. The Morgan fingerprint density at radius 2 is 0.643 bits per heavy atom. The Kier molecular flexibility index (Phi) is 21.8. The summed E-state index contributed by atoms with van der Waals surface area (Å²) in [5.41, 5.74) is 0. The van der Waals surface area contributed by atoms with Crippen LogP contribution in [0.2, 0.25) is 32.7 Å². The fourth-order valence-electron chi connectivity index (χ4n) is 3.27. The van der Waals surface area contributed by atoms with E-state index in [1.54, 1.807) is 0 Å². The molecule has 37 heteroatoms. The lowest BCUT2D eigenvalue weighted by molar-refractivity contribution is 0.00137. The molecule has 0 heterocycles. The first kappa shape index (κ1) is 45.4. The molecule has 0 aromatic heterocycles. The zero-order valence-corrected chi connectivity index (χ0v) is 58.0. The van der Waals surface area contributed by atoms with E-state index in [4.69, 9.17) is 74.1 Å². The van der Waals surface area contributed by atoms with Crippen molar-refractivity contribution >= 4 is 187 Å². The van der Waals surface area contributed by atoms with Crippen LogP contribution in [0.3, 0.4) is 0 Å². The summed E-state index contributed by atoms with van der Waals surface area (Å²) in [5.74, 6) is 0. The summed E-state index contributed by atoms with van der Waals surface area (Å²) in [5, 5.41) is 0. The highest BCUT2D eigenvalue weighted by molar-refractivity contribution is 6.90. The molecule has 0 bridgehead atoms. The van der Waals surface area contributed by atoms with Crippen molar-refractivity contribution in [1.29, 1.82) is 0 Å². The normalized spacial score (nSPS) is 21.4. The third kappa shape index (κ3) is 14.1. The minimum absolute atomic E-state index is 0.105. The van der Waals surface area contributed by atoms with Gasteiger partial charge in [-0.1, -0.05) is 0 Å². The Morgan fingerprint density at radius 3 is 0.905 bits per heavy atom. The minimum Gasteiger partial charge on any atom is -0.449 e. The van der Waals surface area contributed by atoms with Crippen molar-refractivity contribution in [2.24, 2.45) is 0 Å². The van der Waals surface area contributed by atoms with Crippen LogP contribution in [0.15, 0.2) is 0 Å². The summed E-state index contributed by atoms with van der Waals surface area (Å²) >= 11 is 0. The highest BCUT2D eigenvalue weighted by Crippen LogP contribution is 2.33. The quantitative estimate of drug-likeness (QED) is 0.0792. The second-order valence-electron chi connectivity index (χ2n) is 9.22. The van der Waals surface area contributed by atoms with Gasteiger partial charge >= 0.3 is 53.8 Å². The smallest absolute Gasteiger partial charge is 0.449 e. The molecule has 0 aromatic rings. The molecule has 0 spiro atoms. The van der Waals surface area contributed by atoms with E-state index in [2.05, 4.69) is 0 Å². The third-order valence-corrected chi connectivity index (χ3v) is 43.0. The van der Waals surface area contributed by atoms with Crippen molar-refractivity contribution in [3.63, 3.8) is 0 Å². The first-order chi connectivity index (χ1) is 19.4. The van der Waals surface area contributed by atoms with Gasteiger partial charge in [0.15, 0.2) is 8.32 Å². The Bertz CT molecular complexity index is 702. The Morgan fingerprint density at radius 1 is 0.357 bits per heavy atom. The summed E-state index contributed by atoms with van der Waals surface area (Å²) in [6.07, 6.45) is 0. The van der Waals surface area contributed by atoms with E-state index in [0.29, 0.717) is 10.5 Å². The monoisotopic (exact) mass is 930 g/mol. The van der Waals surface area contributed by atoms with Crippen molar-refractivity contribution in [3.8, 4) is 0 Å². The Hall–Kier alpha value is 3.40. The van der Waals surface area contributed by atoms with Gasteiger partial charge in [0.2, 0.25) is 0 Å². The molecule has 0 amide bonds. The van der Waals surface area contributed by atoms with Gasteiger partial charge in [-0.3, -0.25) is 0 Å². The molecule has 0 aliphatic carbocycles. The molecule has 0 saturated carbocycles. The van der Waals surface area contributed by atoms with E-state index < -0.39 is 72.1 Å². The molecule has 0 aliphatic rings. The standard InChI is InChI=1S/C5H50O18Si19/c1-36(2,3)18-37(4,5)19-42(21-39(10-28,11-29)12-30,22-40(13-31,14-32)15-33)23-41(16-34,17-35-6-24)20-38(7-25,8-26)9-27/h35H2,1-5,24-34H3. The van der Waals surface area contributed by atoms with Crippen molar-refractivity contribution in [3.05, 3.63) is 0 Å². The van der Waals surface area contributed by atoms with Crippen LogP contribution in [-0.2, 0) is 74.1 Å². The van der Waals surface area contributed by atoms with E-state index in [9.17, 15) is 0 Å². The number of hydrogen-bond donors (Lipinski definition) is 0. The van der Waals surface area contributed by atoms with Gasteiger partial charge in [-0.25, -0.2) is 0 Å². The van der Waals surface area contributed by atoms with E-state index in [1.165, 1.54) is 0 Å². The fourth-order valence-corrected chi connectivity index (χ4v) is 57.4. The molecule has 0 aliphatic heterocycles. The molecular weight excluding hydrogens is 882 g/mol. The lowest BCUT2D eigenvalue weighted by atomic mass is 11.8. The third-order valence-electron chi connectivity index (χ3n) is 4.78. The van der Waals surface area contributed by atoms with Gasteiger partial charge in [-0.05, 0) is 32.7 Å². The molecule has 1 unspecified atom stereocenters. The molecule has 0 N–H and O–H groups in total. The predicted molar refractivity (Wildman–Crippen MR) is 207 cm³/mol. The second-order valence-corrected chi connectivity index (χ2v) is 46.2. The van der Waals surface area contributed by atoms with Crippen LogP contribution in [0.25, 0.3) is 0 Å². The first-order valence-corrected chi connectivity index (χ1v) is 36.8. The van der Waals surface area contributed by atoms with Crippen LogP contribution in [0.4, 0.5) is 0 Å². The van der Waals surface area contributed by atoms with Crippen LogP contribution in [0, 0.1) is 0 Å². The molecule has 1 atom stereocenters. The molecule has 18 nitrogen and oxygen atoms in total. The van der Waals surface area contributed by atoms with Crippen LogP contribution in [0.5, 0.6) is 0 Å². The summed E-state index contributed by atoms with van der Waals surface area (Å²) in [6.45, 7) is 9.86. The van der Waals surface area contributed by atoms with Crippen LogP contribution in [-0.4, -0.2) is 187 Å². The zero-order chi connectivity index (χ0) is 32.9. The van der Waals surface area contributed by atoms with Gasteiger partial charge in [0.05, 0.1) is 0 Å². The molecular formula is C5H50O18Si19. The topological polar surface area (TPSA) is 166 Å². The maximum atomic E-state index is 6.79. The molecule has 0 saturated heterocycles. The summed E-state index contributed by atoms with van der Waals surface area (Å²) in [4.78, 5) is 0. The second kappa shape index (κ2) is 20.2. The van der Waals surface area contributed by atoms with Crippen LogP contribution >= 0.6 is 0 Å². The molecule has 0 radical (unpaired) electrons. The fraction of sp³-hybridized carbons (Fsp3) is 1.00. The van der Waals surface area contributed by atoms with Gasteiger partial charge in [-0.2, -0.15) is 0 Å². The van der Waals surface area contributed by atoms with Crippen molar-refractivity contribution in [1.82, 2.24) is 0 Å². The zero-order valence-electron chi connectivity index (χ0n) is 27.6. The largest absolute Gasteiger partial charge is 0.653 e. The van der Waals surface area contributed by atoms with Gasteiger partial charge < -0.3 is 74.1 Å². The number of hydrogen-bond acceptors (Lipinski definition) is 18. The molecule has 254 valence electrons. The summed E-state index contributed by atoms with van der Waals surface area (Å²) in [7, 11) is -24.9. The molecule has 0 rings (SSSR count). The predicted octanol–water partition coefficient (Wildman–Crippen LogP) is -14.9. The lowest BCUT2D eigenvalue weighted by Crippen LogP contribution is -2.74. The van der Waals surface area contributed by atoms with Crippen LogP contribution < -0.4 is 0 Å². The van der Waals surface area contributed by atoms with Crippen molar-refractivity contribution in [2.45, 2.75) is 32.7 Å². The SMILES string of the molecule is C[Si](C)(C)O[Si](C)(C)O[Si](O[Si](O[SiH3])(O[SiH3])O[SiH3])(O[Si](O[SiH3])(O[SiH3])O[SiH3])O[Si](O[SiH3])(O[SiH2]O[SiH3])O[Si](O[SiH3])(O[SiH3])O[SiH3]. The maximum Gasteiger partial charge on any atom is 0.653 e. The average Bonchev–Trinajstić information content (AvgIpc) is 2.95. The van der Waals surface area contributed by atoms with Crippen molar-refractivity contribution in [2.75, 3.05) is 0 Å². The van der Waals surface area contributed by atoms with E-state index in [-0.39, 0.29) is 105 Å². The molecule has 42 heavy (non-hydrogen) atoms. The number of rotatable bonds is 25. The van der Waals surface area contributed by atoms with Gasteiger partial charge in [0.1, 0.15) is 115 Å². The molecule has 0 aromatic carbocycles. The highest BCUT2D eigenvalue weighted by atomic mass is 28.6. The van der Waals surface area contributed by atoms with E-state index in [1.807, 2.05) is 32.7 Å². The van der Waals surface area contributed by atoms with E-state index in [0.717, 1.165) is 0 Å². The Labute approximate surface area is 292 Å². The maximum absolute atomic E-state index is 6.79. The summed E-state index contributed by atoms with van der Waals surface area (Å²) in [6, 6.07) is 0. The molecule has 0 fully saturated rings. The lowest BCUT2D eigenvalue weighted by Gasteiger charge is -2.45. The van der Waals surface area contributed by atoms with E-state index >= 15 is 0 Å². The summed E-state index contributed by atoms with van der Waals surface area (Å²) < 4.78 is 110. The van der Waals surface area contributed by atoms with Crippen molar-refractivity contribution < 1.29 is 74.1 Å². The van der Waals surface area contributed by atoms with Crippen LogP contribution in [0.1, 0.15) is 0 Å². The minimum atomic E-state index is -4.73. The van der Waals surface area contributed by atoms with Gasteiger partial charge in [0, 0.05) is 0 Å². The van der Waals surface area contributed by atoms with Gasteiger partial charge in [0.25, 0.3) is 10.0 Å². The first-order valence-electron chi connectivity index (χ1n) is 12.3. The highest BCUT2D eigenvalue weighted by Gasteiger charge is 2.71. The Balaban J connectivity index is 7.68. The van der Waals surface area contributed by atoms with Gasteiger partial charge in [-0.15, -0.1) is 0 Å².